The van der Waals surface area contributed by atoms with Gasteiger partial charge in [0.25, 0.3) is 0 Å². The minimum atomic E-state index is 0.187. The molecule has 4 heteroatoms. The lowest BCUT2D eigenvalue weighted by Gasteiger charge is -2.07. The van der Waals surface area contributed by atoms with Crippen LogP contribution in [0.15, 0.2) is 120 Å². The number of phenols is 1. The average molecular weight is 415 g/mol. The maximum absolute atomic E-state index is 10.2. The average Bonchev–Trinajstić information content (AvgIpc) is 3.25. The van der Waals surface area contributed by atoms with Crippen LogP contribution in [0, 0.1) is 0 Å². The minimum absolute atomic E-state index is 0.187. The molecule has 0 radical (unpaired) electrons. The fourth-order valence-corrected chi connectivity index (χ4v) is 3.67. The molecule has 0 aliphatic carbocycles. The normalized spacial score (nSPS) is 11.1. The third kappa shape index (κ3) is 3.82. The first-order chi connectivity index (χ1) is 15.8. The van der Waals surface area contributed by atoms with Gasteiger partial charge in [0.2, 0.25) is 0 Å². The Bertz CT molecular complexity index is 1360. The summed E-state index contributed by atoms with van der Waals surface area (Å²) in [6, 6.07) is 37.4. The lowest BCUT2D eigenvalue weighted by Crippen LogP contribution is -1.96. The summed E-state index contributed by atoms with van der Waals surface area (Å²) in [7, 11) is 0. The van der Waals surface area contributed by atoms with E-state index < -0.39 is 0 Å². The number of nitrogens with zero attached hydrogens (tertiary/aromatic N) is 3. The van der Waals surface area contributed by atoms with Crippen LogP contribution in [0.3, 0.4) is 0 Å². The van der Waals surface area contributed by atoms with Crippen LogP contribution in [0.5, 0.6) is 5.75 Å². The zero-order valence-electron chi connectivity index (χ0n) is 17.3. The summed E-state index contributed by atoms with van der Waals surface area (Å²) < 4.78 is 1.86. The summed E-state index contributed by atoms with van der Waals surface area (Å²) in [5, 5.41) is 15.2. The summed E-state index contributed by atoms with van der Waals surface area (Å²) in [6.07, 6.45) is 1.69. The topological polar surface area (TPSA) is 50.4 Å². The van der Waals surface area contributed by atoms with Gasteiger partial charge in [0.1, 0.15) is 11.4 Å². The molecule has 32 heavy (non-hydrogen) atoms. The monoisotopic (exact) mass is 415 g/mol. The molecule has 4 aromatic carbocycles. The molecule has 0 unspecified atom stereocenters. The summed E-state index contributed by atoms with van der Waals surface area (Å²) in [6.45, 7) is 0. The van der Waals surface area contributed by atoms with Crippen molar-refractivity contribution in [3.05, 3.63) is 121 Å². The van der Waals surface area contributed by atoms with E-state index in [2.05, 4.69) is 24.3 Å². The smallest absolute Gasteiger partial charge is 0.164 e. The van der Waals surface area contributed by atoms with Crippen LogP contribution in [0.25, 0.3) is 28.1 Å². The molecule has 5 aromatic rings. The lowest BCUT2D eigenvalue weighted by atomic mass is 10.0. The van der Waals surface area contributed by atoms with Crippen LogP contribution in [-0.4, -0.2) is 21.1 Å². The molecule has 0 aliphatic heterocycles. The highest BCUT2D eigenvalue weighted by atomic mass is 16.3. The van der Waals surface area contributed by atoms with Crippen molar-refractivity contribution in [2.75, 3.05) is 0 Å². The molecule has 0 aliphatic rings. The van der Waals surface area contributed by atoms with Crippen LogP contribution in [0.2, 0.25) is 0 Å². The van der Waals surface area contributed by atoms with Crippen molar-refractivity contribution in [1.82, 2.24) is 9.78 Å². The standard InChI is InChI=1S/C28H21N3O/c32-25-19-11-10-16-23(25)20-29-28-26(21-12-4-1-5-13-21)27(22-14-6-2-7-15-22)30-31(28)24-17-8-3-9-18-24/h1-20,32H/b29-20+. The highest BCUT2D eigenvalue weighted by Crippen LogP contribution is 2.40. The van der Waals surface area contributed by atoms with Gasteiger partial charge in [0.15, 0.2) is 5.82 Å². The molecule has 1 heterocycles. The maximum Gasteiger partial charge on any atom is 0.164 e. The zero-order chi connectivity index (χ0) is 21.8. The van der Waals surface area contributed by atoms with Gasteiger partial charge in [-0.15, -0.1) is 0 Å². The Morgan fingerprint density at radius 2 is 1.22 bits per heavy atom. The Hall–Kier alpha value is -4.44. The van der Waals surface area contributed by atoms with Crippen molar-refractivity contribution >= 4 is 12.0 Å². The van der Waals surface area contributed by atoms with E-state index in [9.17, 15) is 5.11 Å². The molecule has 0 saturated heterocycles. The van der Waals surface area contributed by atoms with Crippen molar-refractivity contribution in [3.63, 3.8) is 0 Å². The molecule has 0 fully saturated rings. The number of aliphatic imine (C=N–C) groups is 1. The van der Waals surface area contributed by atoms with Crippen LogP contribution >= 0.6 is 0 Å². The van der Waals surface area contributed by atoms with Crippen LogP contribution in [-0.2, 0) is 0 Å². The van der Waals surface area contributed by atoms with Gasteiger partial charge < -0.3 is 5.11 Å². The first kappa shape index (κ1) is 19.5. The van der Waals surface area contributed by atoms with Crippen LogP contribution in [0.1, 0.15) is 5.56 Å². The Kier molecular flexibility index (Phi) is 5.33. The lowest BCUT2D eigenvalue weighted by molar-refractivity contribution is 0.474. The molecule has 0 atom stereocenters. The van der Waals surface area contributed by atoms with Crippen LogP contribution < -0.4 is 0 Å². The van der Waals surface area contributed by atoms with Gasteiger partial charge in [-0.05, 0) is 29.8 Å². The highest BCUT2D eigenvalue weighted by Gasteiger charge is 2.21. The van der Waals surface area contributed by atoms with Gasteiger partial charge in [0, 0.05) is 17.3 Å². The summed E-state index contributed by atoms with van der Waals surface area (Å²) in [4.78, 5) is 4.85. The fourth-order valence-electron chi connectivity index (χ4n) is 3.67. The summed E-state index contributed by atoms with van der Waals surface area (Å²) in [5.74, 6) is 0.885. The van der Waals surface area contributed by atoms with E-state index in [-0.39, 0.29) is 5.75 Å². The third-order valence-electron chi connectivity index (χ3n) is 5.23. The van der Waals surface area contributed by atoms with Gasteiger partial charge in [-0.2, -0.15) is 5.10 Å². The first-order valence-electron chi connectivity index (χ1n) is 10.4. The molecule has 4 nitrogen and oxygen atoms in total. The van der Waals surface area contributed by atoms with Crippen molar-refractivity contribution in [2.24, 2.45) is 4.99 Å². The molecular formula is C28H21N3O. The van der Waals surface area contributed by atoms with E-state index in [1.165, 1.54) is 0 Å². The molecule has 0 amide bonds. The Labute approximate surface area is 186 Å². The Morgan fingerprint density at radius 1 is 0.656 bits per heavy atom. The number of para-hydroxylation sites is 2. The number of aromatic hydroxyl groups is 1. The van der Waals surface area contributed by atoms with Gasteiger partial charge in [-0.3, -0.25) is 0 Å². The van der Waals surface area contributed by atoms with Crippen molar-refractivity contribution in [3.8, 4) is 33.8 Å². The molecule has 0 spiro atoms. The van der Waals surface area contributed by atoms with E-state index in [1.807, 2.05) is 83.5 Å². The van der Waals surface area contributed by atoms with E-state index in [4.69, 9.17) is 10.1 Å². The van der Waals surface area contributed by atoms with E-state index in [0.717, 1.165) is 28.1 Å². The van der Waals surface area contributed by atoms with E-state index >= 15 is 0 Å². The number of aromatic nitrogens is 2. The SMILES string of the molecule is Oc1ccccc1/C=N/c1c(-c2ccccc2)c(-c2ccccc2)nn1-c1ccccc1. The van der Waals surface area contributed by atoms with Gasteiger partial charge >= 0.3 is 0 Å². The Balaban J connectivity index is 1.79. The second kappa shape index (κ2) is 8.74. The van der Waals surface area contributed by atoms with Crippen LogP contribution in [0.4, 0.5) is 5.82 Å². The number of rotatable bonds is 5. The molecule has 0 bridgehead atoms. The maximum atomic E-state index is 10.2. The molecule has 1 aromatic heterocycles. The largest absolute Gasteiger partial charge is 0.507 e. The predicted molar refractivity (Wildman–Crippen MR) is 130 cm³/mol. The fraction of sp³-hybridized carbons (Fsp3) is 0. The zero-order valence-corrected chi connectivity index (χ0v) is 17.3. The number of phenolic OH excluding ortho intramolecular Hbond substituents is 1. The van der Waals surface area contributed by atoms with Gasteiger partial charge in [-0.25, -0.2) is 9.67 Å². The molecule has 154 valence electrons. The highest BCUT2D eigenvalue weighted by molar-refractivity contribution is 5.92. The van der Waals surface area contributed by atoms with E-state index in [1.54, 1.807) is 18.3 Å². The van der Waals surface area contributed by atoms with Crippen molar-refractivity contribution in [2.45, 2.75) is 0 Å². The molecule has 5 rings (SSSR count). The number of benzene rings is 4. The second-order valence-corrected chi connectivity index (χ2v) is 7.34. The minimum Gasteiger partial charge on any atom is -0.507 e. The van der Waals surface area contributed by atoms with E-state index in [0.29, 0.717) is 11.4 Å². The first-order valence-corrected chi connectivity index (χ1v) is 10.4. The second-order valence-electron chi connectivity index (χ2n) is 7.34. The van der Waals surface area contributed by atoms with Gasteiger partial charge in [-0.1, -0.05) is 91.0 Å². The van der Waals surface area contributed by atoms with Crippen molar-refractivity contribution < 1.29 is 5.11 Å². The Morgan fingerprint density at radius 3 is 1.88 bits per heavy atom. The van der Waals surface area contributed by atoms with Crippen molar-refractivity contribution in [1.29, 1.82) is 0 Å². The molecular weight excluding hydrogens is 394 g/mol. The number of hydrogen-bond donors (Lipinski definition) is 1. The van der Waals surface area contributed by atoms with Gasteiger partial charge in [0.05, 0.1) is 11.3 Å². The quantitative estimate of drug-likeness (QED) is 0.326. The molecule has 0 saturated carbocycles. The summed E-state index contributed by atoms with van der Waals surface area (Å²) >= 11 is 0. The third-order valence-corrected chi connectivity index (χ3v) is 5.23. The predicted octanol–water partition coefficient (Wildman–Crippen LogP) is 6.66. The molecule has 1 N–H and O–H groups in total. The summed E-state index contributed by atoms with van der Waals surface area (Å²) in [5.41, 5.74) is 5.39. The number of hydrogen-bond acceptors (Lipinski definition) is 3.